The standard InChI is InChI=1S/C18H15N5OS2/c19-10-14-8-4-5-9-15(14)21-16(24)12-25-18-23-22-17(26-18)20-11-13-6-2-1-3-7-13/h1-9H,11-12H2,(H,20,22)(H,21,24). The normalized spacial score (nSPS) is 10.1. The number of anilines is 2. The average Bonchev–Trinajstić information content (AvgIpc) is 3.14. The van der Waals surface area contributed by atoms with E-state index in [4.69, 9.17) is 5.26 Å². The van der Waals surface area contributed by atoms with Crippen LogP contribution in [0, 0.1) is 11.3 Å². The molecular weight excluding hydrogens is 366 g/mol. The van der Waals surface area contributed by atoms with Gasteiger partial charge in [0, 0.05) is 6.54 Å². The van der Waals surface area contributed by atoms with Gasteiger partial charge < -0.3 is 10.6 Å². The molecule has 130 valence electrons. The van der Waals surface area contributed by atoms with Crippen molar-refractivity contribution in [2.45, 2.75) is 10.9 Å². The summed E-state index contributed by atoms with van der Waals surface area (Å²) >= 11 is 2.72. The summed E-state index contributed by atoms with van der Waals surface area (Å²) in [4.78, 5) is 12.1. The molecule has 0 aliphatic carbocycles. The van der Waals surface area contributed by atoms with Crippen LogP contribution in [0.15, 0.2) is 58.9 Å². The Morgan fingerprint density at radius 2 is 1.88 bits per heavy atom. The first kappa shape index (κ1) is 17.9. The van der Waals surface area contributed by atoms with Crippen LogP contribution in [0.4, 0.5) is 10.8 Å². The van der Waals surface area contributed by atoms with E-state index >= 15 is 0 Å². The minimum absolute atomic E-state index is 0.188. The predicted octanol–water partition coefficient (Wildman–Crippen LogP) is 3.75. The summed E-state index contributed by atoms with van der Waals surface area (Å²) in [5, 5.41) is 23.9. The first-order valence-corrected chi connectivity index (χ1v) is 9.58. The molecule has 6 nitrogen and oxygen atoms in total. The van der Waals surface area contributed by atoms with Crippen molar-refractivity contribution >= 4 is 39.8 Å². The van der Waals surface area contributed by atoms with E-state index in [9.17, 15) is 4.79 Å². The zero-order valence-corrected chi connectivity index (χ0v) is 15.3. The van der Waals surface area contributed by atoms with Gasteiger partial charge in [0.15, 0.2) is 4.34 Å². The van der Waals surface area contributed by atoms with Gasteiger partial charge in [0.25, 0.3) is 0 Å². The lowest BCUT2D eigenvalue weighted by molar-refractivity contribution is -0.113. The number of hydrogen-bond donors (Lipinski definition) is 2. The topological polar surface area (TPSA) is 90.7 Å². The first-order chi connectivity index (χ1) is 12.7. The van der Waals surface area contributed by atoms with Gasteiger partial charge in [-0.15, -0.1) is 10.2 Å². The summed E-state index contributed by atoms with van der Waals surface area (Å²) in [7, 11) is 0. The van der Waals surface area contributed by atoms with Gasteiger partial charge in [-0.2, -0.15) is 5.26 Å². The Bertz CT molecular complexity index is 921. The smallest absolute Gasteiger partial charge is 0.234 e. The number of nitriles is 1. The summed E-state index contributed by atoms with van der Waals surface area (Å²) < 4.78 is 0.712. The second-order valence-electron chi connectivity index (χ2n) is 5.21. The number of rotatable bonds is 7. The van der Waals surface area contributed by atoms with Crippen molar-refractivity contribution in [2.75, 3.05) is 16.4 Å². The fourth-order valence-corrected chi connectivity index (χ4v) is 3.66. The molecule has 0 saturated heterocycles. The average molecular weight is 381 g/mol. The van der Waals surface area contributed by atoms with Crippen molar-refractivity contribution < 1.29 is 4.79 Å². The third-order valence-electron chi connectivity index (χ3n) is 3.34. The summed E-state index contributed by atoms with van der Waals surface area (Å²) in [5.41, 5.74) is 2.12. The Balaban J connectivity index is 1.48. The lowest BCUT2D eigenvalue weighted by Gasteiger charge is -2.05. The number of carbonyl (C=O) groups is 1. The largest absolute Gasteiger partial charge is 0.356 e. The zero-order chi connectivity index (χ0) is 18.2. The highest BCUT2D eigenvalue weighted by Gasteiger charge is 2.10. The minimum atomic E-state index is -0.188. The molecule has 1 aromatic heterocycles. The van der Waals surface area contributed by atoms with Crippen LogP contribution in [0.25, 0.3) is 0 Å². The second-order valence-corrected chi connectivity index (χ2v) is 7.41. The lowest BCUT2D eigenvalue weighted by atomic mass is 10.2. The molecule has 2 N–H and O–H groups in total. The van der Waals surface area contributed by atoms with Crippen LogP contribution in [-0.2, 0) is 11.3 Å². The Hall–Kier alpha value is -2.89. The molecule has 1 heterocycles. The lowest BCUT2D eigenvalue weighted by Crippen LogP contribution is -2.14. The highest BCUT2D eigenvalue weighted by atomic mass is 32.2. The fraction of sp³-hybridized carbons (Fsp3) is 0.111. The molecule has 2 aromatic carbocycles. The summed E-state index contributed by atoms with van der Waals surface area (Å²) in [6, 6.07) is 19.0. The number of aromatic nitrogens is 2. The number of hydrogen-bond acceptors (Lipinski definition) is 7. The van der Waals surface area contributed by atoms with Crippen molar-refractivity contribution in [2.24, 2.45) is 0 Å². The van der Waals surface area contributed by atoms with Crippen LogP contribution < -0.4 is 10.6 Å². The molecule has 3 rings (SSSR count). The van der Waals surface area contributed by atoms with Crippen molar-refractivity contribution in [1.29, 1.82) is 5.26 Å². The summed E-state index contributed by atoms with van der Waals surface area (Å²) in [5.74, 6) is 0.0132. The van der Waals surface area contributed by atoms with Crippen LogP contribution in [0.5, 0.6) is 0 Å². The van der Waals surface area contributed by atoms with E-state index in [2.05, 4.69) is 26.9 Å². The van der Waals surface area contributed by atoms with Gasteiger partial charge in [0.1, 0.15) is 6.07 Å². The maximum atomic E-state index is 12.1. The van der Waals surface area contributed by atoms with Gasteiger partial charge in [-0.3, -0.25) is 4.79 Å². The molecule has 8 heteroatoms. The van der Waals surface area contributed by atoms with E-state index in [1.165, 1.54) is 23.1 Å². The number of carbonyl (C=O) groups excluding carboxylic acids is 1. The van der Waals surface area contributed by atoms with Gasteiger partial charge in [-0.05, 0) is 17.7 Å². The molecule has 0 spiro atoms. The van der Waals surface area contributed by atoms with Crippen LogP contribution in [-0.4, -0.2) is 21.9 Å². The van der Waals surface area contributed by atoms with Crippen molar-refractivity contribution in [3.8, 4) is 6.07 Å². The van der Waals surface area contributed by atoms with Gasteiger partial charge in [-0.25, -0.2) is 0 Å². The van der Waals surface area contributed by atoms with E-state index < -0.39 is 0 Å². The molecule has 3 aromatic rings. The number of nitrogens with one attached hydrogen (secondary N) is 2. The molecular formula is C18H15N5OS2. The molecule has 0 saturated carbocycles. The highest BCUT2D eigenvalue weighted by Crippen LogP contribution is 2.26. The van der Waals surface area contributed by atoms with Crippen LogP contribution in [0.3, 0.4) is 0 Å². The molecule has 0 radical (unpaired) electrons. The monoisotopic (exact) mass is 381 g/mol. The Kier molecular flexibility index (Phi) is 6.19. The number of amides is 1. The van der Waals surface area contributed by atoms with E-state index in [0.29, 0.717) is 27.3 Å². The van der Waals surface area contributed by atoms with Crippen LogP contribution >= 0.6 is 23.1 Å². The first-order valence-electron chi connectivity index (χ1n) is 7.77. The zero-order valence-electron chi connectivity index (χ0n) is 13.7. The van der Waals surface area contributed by atoms with Crippen LogP contribution in [0.1, 0.15) is 11.1 Å². The summed E-state index contributed by atoms with van der Waals surface area (Å²) in [6.07, 6.45) is 0. The maximum Gasteiger partial charge on any atom is 0.234 e. The van der Waals surface area contributed by atoms with E-state index in [1.54, 1.807) is 24.3 Å². The second kappa shape index (κ2) is 8.99. The van der Waals surface area contributed by atoms with Crippen molar-refractivity contribution in [1.82, 2.24) is 10.2 Å². The van der Waals surface area contributed by atoms with Crippen LogP contribution in [0.2, 0.25) is 0 Å². The minimum Gasteiger partial charge on any atom is -0.356 e. The van der Waals surface area contributed by atoms with Crippen molar-refractivity contribution in [3.05, 3.63) is 65.7 Å². The molecule has 1 amide bonds. The molecule has 0 unspecified atom stereocenters. The highest BCUT2D eigenvalue weighted by molar-refractivity contribution is 8.01. The van der Waals surface area contributed by atoms with E-state index in [-0.39, 0.29) is 11.7 Å². The molecule has 0 aliphatic rings. The maximum absolute atomic E-state index is 12.1. The predicted molar refractivity (Wildman–Crippen MR) is 104 cm³/mol. The molecule has 0 aliphatic heterocycles. The SMILES string of the molecule is N#Cc1ccccc1NC(=O)CSc1nnc(NCc2ccccc2)s1. The van der Waals surface area contributed by atoms with Crippen molar-refractivity contribution in [3.63, 3.8) is 0 Å². The number of thioether (sulfide) groups is 1. The molecule has 0 bridgehead atoms. The molecule has 0 atom stereocenters. The third kappa shape index (κ3) is 5.05. The van der Waals surface area contributed by atoms with Gasteiger partial charge in [0.05, 0.1) is 17.0 Å². The van der Waals surface area contributed by atoms with E-state index in [1.807, 2.05) is 30.3 Å². The number of nitrogens with zero attached hydrogens (tertiary/aromatic N) is 3. The Labute approximate surface area is 159 Å². The molecule has 26 heavy (non-hydrogen) atoms. The van der Waals surface area contributed by atoms with E-state index in [0.717, 1.165) is 5.56 Å². The summed E-state index contributed by atoms with van der Waals surface area (Å²) in [6.45, 7) is 0.672. The number of para-hydroxylation sites is 1. The fourth-order valence-electron chi connectivity index (χ4n) is 2.12. The van der Waals surface area contributed by atoms with Gasteiger partial charge in [0.2, 0.25) is 11.0 Å². The quantitative estimate of drug-likeness (QED) is 0.606. The Morgan fingerprint density at radius 3 is 2.69 bits per heavy atom. The molecule has 0 fully saturated rings. The van der Waals surface area contributed by atoms with Gasteiger partial charge >= 0.3 is 0 Å². The van der Waals surface area contributed by atoms with Gasteiger partial charge in [-0.1, -0.05) is 65.6 Å². The Morgan fingerprint density at radius 1 is 1.12 bits per heavy atom. The number of benzene rings is 2. The third-order valence-corrected chi connectivity index (χ3v) is 5.36.